The molecule has 0 N–H and O–H groups in total. The lowest BCUT2D eigenvalue weighted by atomic mass is 9.56. The molecule has 5 nitrogen and oxygen atoms in total. The SMILES string of the molecule is C[C@H]1c2oncc2C[C@@]2(C)c3c(c(-c4ccccc4F)nn3-c3ccc(C#N)cc3)CC[C@H]12. The quantitative estimate of drug-likeness (QED) is 0.402. The smallest absolute Gasteiger partial charge is 0.143 e. The molecule has 3 atom stereocenters. The third-order valence-electron chi connectivity index (χ3n) is 7.67. The van der Waals surface area contributed by atoms with E-state index in [1.165, 1.54) is 6.07 Å². The maximum Gasteiger partial charge on any atom is 0.143 e. The van der Waals surface area contributed by atoms with E-state index in [9.17, 15) is 9.65 Å². The molecule has 0 fully saturated rings. The molecule has 2 aliphatic rings. The number of hydrogen-bond donors (Lipinski definition) is 0. The molecule has 6 heteroatoms. The molecule has 2 heterocycles. The van der Waals surface area contributed by atoms with Crippen LogP contribution in [-0.2, 0) is 18.3 Å². The molecule has 0 aliphatic heterocycles. The van der Waals surface area contributed by atoms with E-state index in [1.54, 1.807) is 24.3 Å². The standard InChI is InChI=1S/C27H23FN4O/c1-16-22-12-11-21-24(20-5-3-4-6-23(20)28)31-32(19-9-7-17(14-29)8-10-19)26(21)27(22,2)13-18-15-30-33-25(16)18/h3-10,15-16,22H,11-13H2,1-2H3/t16-,22-,27-/m1/s1. The molecular weight excluding hydrogens is 415 g/mol. The van der Waals surface area contributed by atoms with Crippen LogP contribution in [0.5, 0.6) is 0 Å². The van der Waals surface area contributed by atoms with Crippen LogP contribution in [0.3, 0.4) is 0 Å². The first-order chi connectivity index (χ1) is 16.0. The lowest BCUT2D eigenvalue weighted by Crippen LogP contribution is -2.45. The van der Waals surface area contributed by atoms with Gasteiger partial charge in [0.05, 0.1) is 34.9 Å². The highest BCUT2D eigenvalue weighted by Gasteiger charge is 2.51. The Morgan fingerprint density at radius 1 is 1.18 bits per heavy atom. The van der Waals surface area contributed by atoms with Gasteiger partial charge in [-0.1, -0.05) is 31.1 Å². The van der Waals surface area contributed by atoms with Crippen LogP contribution in [0.2, 0.25) is 0 Å². The van der Waals surface area contributed by atoms with Crippen molar-refractivity contribution in [3.63, 3.8) is 0 Å². The third kappa shape index (κ3) is 2.82. The largest absolute Gasteiger partial charge is 0.361 e. The second-order valence-corrected chi connectivity index (χ2v) is 9.47. The number of hydrogen-bond acceptors (Lipinski definition) is 4. The number of nitrogens with zero attached hydrogens (tertiary/aromatic N) is 4. The Bertz CT molecular complexity index is 1410. The van der Waals surface area contributed by atoms with Gasteiger partial charge < -0.3 is 4.52 Å². The van der Waals surface area contributed by atoms with Crippen LogP contribution in [0, 0.1) is 23.1 Å². The van der Waals surface area contributed by atoms with Crippen molar-refractivity contribution in [3.8, 4) is 23.0 Å². The van der Waals surface area contributed by atoms with E-state index >= 15 is 0 Å². The van der Waals surface area contributed by atoms with Gasteiger partial charge in [0.2, 0.25) is 0 Å². The summed E-state index contributed by atoms with van der Waals surface area (Å²) in [7, 11) is 0. The van der Waals surface area contributed by atoms with E-state index in [4.69, 9.17) is 9.62 Å². The van der Waals surface area contributed by atoms with Crippen LogP contribution >= 0.6 is 0 Å². The zero-order valence-corrected chi connectivity index (χ0v) is 18.5. The van der Waals surface area contributed by atoms with Gasteiger partial charge in [-0.25, -0.2) is 9.07 Å². The molecule has 0 amide bonds. The summed E-state index contributed by atoms with van der Waals surface area (Å²) >= 11 is 0. The second-order valence-electron chi connectivity index (χ2n) is 9.47. The monoisotopic (exact) mass is 438 g/mol. The van der Waals surface area contributed by atoms with E-state index in [0.29, 0.717) is 22.7 Å². The number of aromatic nitrogens is 3. The van der Waals surface area contributed by atoms with Gasteiger partial charge in [-0.15, -0.1) is 0 Å². The number of benzene rings is 2. The molecule has 0 radical (unpaired) electrons. The van der Waals surface area contributed by atoms with Crippen LogP contribution < -0.4 is 0 Å². The number of fused-ring (bicyclic) bond motifs is 4. The lowest BCUT2D eigenvalue weighted by Gasteiger charge is -2.47. The molecular formula is C27H23FN4O. The minimum absolute atomic E-state index is 0.212. The Morgan fingerprint density at radius 2 is 1.97 bits per heavy atom. The third-order valence-corrected chi connectivity index (χ3v) is 7.67. The Balaban J connectivity index is 1.62. The first kappa shape index (κ1) is 19.9. The first-order valence-electron chi connectivity index (χ1n) is 11.3. The topological polar surface area (TPSA) is 67.6 Å². The highest BCUT2D eigenvalue weighted by molar-refractivity contribution is 5.67. The van der Waals surface area contributed by atoms with Crippen LogP contribution in [0.1, 0.15) is 54.3 Å². The number of nitriles is 1. The summed E-state index contributed by atoms with van der Waals surface area (Å²) in [5.74, 6) is 1.30. The Kier molecular flexibility index (Phi) is 4.31. The zero-order chi connectivity index (χ0) is 22.7. The molecule has 0 saturated carbocycles. The van der Waals surface area contributed by atoms with Gasteiger partial charge >= 0.3 is 0 Å². The van der Waals surface area contributed by atoms with Gasteiger partial charge in [-0.2, -0.15) is 10.4 Å². The van der Waals surface area contributed by atoms with Crippen LogP contribution in [-0.4, -0.2) is 14.9 Å². The summed E-state index contributed by atoms with van der Waals surface area (Å²) in [6, 6.07) is 16.5. The number of rotatable bonds is 2. The fourth-order valence-corrected chi connectivity index (χ4v) is 6.17. The molecule has 0 spiro atoms. The van der Waals surface area contributed by atoms with Crippen LogP contribution in [0.25, 0.3) is 16.9 Å². The van der Waals surface area contributed by atoms with Gasteiger partial charge in [-0.3, -0.25) is 0 Å². The summed E-state index contributed by atoms with van der Waals surface area (Å²) in [5.41, 5.74) is 5.85. The van der Waals surface area contributed by atoms with Crippen molar-refractivity contribution >= 4 is 0 Å². The van der Waals surface area contributed by atoms with Crippen molar-refractivity contribution in [2.75, 3.05) is 0 Å². The molecule has 2 aromatic heterocycles. The fraction of sp³-hybridized carbons (Fsp3) is 0.296. The summed E-state index contributed by atoms with van der Waals surface area (Å²) in [6.07, 6.45) is 4.43. The summed E-state index contributed by atoms with van der Waals surface area (Å²) in [6.45, 7) is 4.52. The van der Waals surface area contributed by atoms with E-state index < -0.39 is 0 Å². The molecule has 2 aromatic carbocycles. The highest BCUT2D eigenvalue weighted by atomic mass is 19.1. The minimum atomic E-state index is -0.268. The van der Waals surface area contributed by atoms with Crippen molar-refractivity contribution in [2.24, 2.45) is 5.92 Å². The zero-order valence-electron chi connectivity index (χ0n) is 18.5. The Morgan fingerprint density at radius 3 is 2.73 bits per heavy atom. The summed E-state index contributed by atoms with van der Waals surface area (Å²) in [5, 5.41) is 18.3. The average molecular weight is 439 g/mol. The van der Waals surface area contributed by atoms with Gasteiger partial charge in [0.25, 0.3) is 0 Å². The van der Waals surface area contributed by atoms with Crippen LogP contribution in [0.15, 0.2) is 59.3 Å². The molecule has 164 valence electrons. The van der Waals surface area contributed by atoms with E-state index in [2.05, 4.69) is 25.1 Å². The predicted octanol–water partition coefficient (Wildman–Crippen LogP) is 5.72. The summed E-state index contributed by atoms with van der Waals surface area (Å²) < 4.78 is 22.5. The maximum absolute atomic E-state index is 14.9. The number of halogens is 1. The fourth-order valence-electron chi connectivity index (χ4n) is 6.17. The molecule has 6 rings (SSSR count). The second kappa shape index (κ2) is 7.14. The van der Waals surface area contributed by atoms with Gasteiger partial charge in [0.15, 0.2) is 0 Å². The van der Waals surface area contributed by atoms with E-state index in [-0.39, 0.29) is 17.2 Å². The van der Waals surface area contributed by atoms with Gasteiger partial charge in [0, 0.05) is 28.0 Å². The van der Waals surface area contributed by atoms with Gasteiger partial charge in [0.1, 0.15) is 11.6 Å². The normalized spacial score (nSPS) is 23.3. The van der Waals surface area contributed by atoms with Crippen molar-refractivity contribution in [2.45, 2.75) is 44.4 Å². The van der Waals surface area contributed by atoms with E-state index in [1.807, 2.05) is 29.1 Å². The Labute approximate surface area is 191 Å². The van der Waals surface area contributed by atoms with E-state index in [0.717, 1.165) is 47.5 Å². The first-order valence-corrected chi connectivity index (χ1v) is 11.3. The van der Waals surface area contributed by atoms with Crippen LogP contribution in [0.4, 0.5) is 4.39 Å². The molecule has 33 heavy (non-hydrogen) atoms. The molecule has 4 aromatic rings. The Hall–Kier alpha value is -3.72. The molecule has 2 aliphatic carbocycles. The summed E-state index contributed by atoms with van der Waals surface area (Å²) in [4.78, 5) is 0. The molecule has 0 bridgehead atoms. The van der Waals surface area contributed by atoms with Gasteiger partial charge in [-0.05, 0) is 61.6 Å². The molecule has 0 saturated heterocycles. The van der Waals surface area contributed by atoms with Crippen molar-refractivity contribution in [3.05, 3.63) is 88.7 Å². The molecule has 0 unspecified atom stereocenters. The van der Waals surface area contributed by atoms with Crippen molar-refractivity contribution in [1.82, 2.24) is 14.9 Å². The predicted molar refractivity (Wildman–Crippen MR) is 121 cm³/mol. The minimum Gasteiger partial charge on any atom is -0.361 e. The lowest BCUT2D eigenvalue weighted by molar-refractivity contribution is 0.170. The van der Waals surface area contributed by atoms with Crippen molar-refractivity contribution < 1.29 is 8.91 Å². The highest BCUT2D eigenvalue weighted by Crippen LogP contribution is 2.55. The van der Waals surface area contributed by atoms with Crippen molar-refractivity contribution in [1.29, 1.82) is 5.26 Å². The maximum atomic E-state index is 14.9. The average Bonchev–Trinajstić information content (AvgIpc) is 3.45.